The normalized spacial score (nSPS) is 12.0. The highest BCUT2D eigenvalue weighted by Crippen LogP contribution is 2.35. The highest BCUT2D eigenvalue weighted by atomic mass is 16.7. The Labute approximate surface area is 121 Å². The number of benzene rings is 1. The van der Waals surface area contributed by atoms with Gasteiger partial charge in [-0.2, -0.15) is 0 Å². The number of hydrogen-bond donors (Lipinski definition) is 1. The Hall–Kier alpha value is -2.76. The van der Waals surface area contributed by atoms with Crippen molar-refractivity contribution in [2.45, 2.75) is 6.92 Å². The molecule has 1 N–H and O–H groups in total. The van der Waals surface area contributed by atoms with Gasteiger partial charge in [-0.1, -0.05) is 0 Å². The van der Waals surface area contributed by atoms with E-state index in [1.54, 1.807) is 19.2 Å². The maximum Gasteiger partial charge on any atom is 0.339 e. The van der Waals surface area contributed by atoms with Crippen LogP contribution in [0.2, 0.25) is 0 Å². The van der Waals surface area contributed by atoms with Crippen LogP contribution in [0.3, 0.4) is 0 Å². The topological polar surface area (TPSA) is 69.7 Å². The molecule has 0 atom stereocenters. The maximum absolute atomic E-state index is 11.7. The maximum atomic E-state index is 11.7. The number of carbonyl (C=O) groups is 1. The summed E-state index contributed by atoms with van der Waals surface area (Å²) in [4.78, 5) is 15.7. The van der Waals surface area contributed by atoms with E-state index < -0.39 is 0 Å². The van der Waals surface area contributed by atoms with Crippen molar-refractivity contribution in [2.75, 3.05) is 18.7 Å². The molecule has 1 aliphatic rings. The smallest absolute Gasteiger partial charge is 0.339 e. The van der Waals surface area contributed by atoms with Crippen LogP contribution < -0.4 is 14.8 Å². The third-order valence-electron chi connectivity index (χ3n) is 2.91. The van der Waals surface area contributed by atoms with E-state index in [9.17, 15) is 4.79 Å². The fourth-order valence-electron chi connectivity index (χ4n) is 1.98. The number of carbonyl (C=O) groups excluding carboxylic acids is 1. The lowest BCUT2D eigenvalue weighted by atomic mass is 10.2. The van der Waals surface area contributed by atoms with E-state index in [-0.39, 0.29) is 12.8 Å². The van der Waals surface area contributed by atoms with Gasteiger partial charge < -0.3 is 19.5 Å². The van der Waals surface area contributed by atoms with Crippen LogP contribution in [-0.2, 0) is 4.74 Å². The van der Waals surface area contributed by atoms with Crippen LogP contribution in [-0.4, -0.2) is 24.4 Å². The molecule has 21 heavy (non-hydrogen) atoms. The van der Waals surface area contributed by atoms with E-state index >= 15 is 0 Å². The van der Waals surface area contributed by atoms with Crippen molar-refractivity contribution in [2.24, 2.45) is 0 Å². The fraction of sp³-hybridized carbons (Fsp3) is 0.200. The van der Waals surface area contributed by atoms with Gasteiger partial charge in [0, 0.05) is 18.0 Å². The molecule has 0 bridgehead atoms. The molecule has 2 heterocycles. The van der Waals surface area contributed by atoms with Crippen LogP contribution in [0.1, 0.15) is 17.3 Å². The summed E-state index contributed by atoms with van der Waals surface area (Å²) in [6, 6.07) is 7.22. The number of hydrogen-bond acceptors (Lipinski definition) is 6. The molecule has 3 rings (SSSR count). The minimum absolute atomic E-state index is 0.235. The predicted octanol–water partition coefficient (Wildman–Crippen LogP) is 2.73. The second-order valence-electron chi connectivity index (χ2n) is 4.38. The molecule has 0 saturated heterocycles. The zero-order valence-corrected chi connectivity index (χ0v) is 11.5. The van der Waals surface area contributed by atoms with Gasteiger partial charge in [-0.25, -0.2) is 4.79 Å². The summed E-state index contributed by atoms with van der Waals surface area (Å²) < 4.78 is 15.5. The molecule has 2 aromatic rings. The first-order valence-electron chi connectivity index (χ1n) is 6.55. The van der Waals surface area contributed by atoms with Crippen molar-refractivity contribution < 1.29 is 19.0 Å². The van der Waals surface area contributed by atoms with Crippen molar-refractivity contribution in [1.82, 2.24) is 4.98 Å². The van der Waals surface area contributed by atoms with E-state index in [1.807, 2.05) is 18.2 Å². The second kappa shape index (κ2) is 5.70. The molecule has 1 aliphatic heterocycles. The van der Waals surface area contributed by atoms with Gasteiger partial charge in [-0.3, -0.25) is 4.98 Å². The van der Waals surface area contributed by atoms with Crippen molar-refractivity contribution >= 4 is 17.3 Å². The van der Waals surface area contributed by atoms with Crippen LogP contribution in [0.5, 0.6) is 11.5 Å². The summed E-state index contributed by atoms with van der Waals surface area (Å²) in [5.74, 6) is 1.02. The molecule has 0 spiro atoms. The Morgan fingerprint density at radius 2 is 2.10 bits per heavy atom. The lowest BCUT2D eigenvalue weighted by molar-refractivity contribution is 0.0526. The molecular formula is C15H14N2O4. The monoisotopic (exact) mass is 286 g/mol. The third kappa shape index (κ3) is 2.89. The van der Waals surface area contributed by atoms with Crippen molar-refractivity contribution in [1.29, 1.82) is 0 Å². The van der Waals surface area contributed by atoms with Gasteiger partial charge in [-0.15, -0.1) is 0 Å². The van der Waals surface area contributed by atoms with Crippen LogP contribution in [0, 0.1) is 0 Å². The highest BCUT2D eigenvalue weighted by molar-refractivity contribution is 5.90. The molecule has 0 radical (unpaired) electrons. The fourth-order valence-corrected chi connectivity index (χ4v) is 1.98. The molecular weight excluding hydrogens is 272 g/mol. The molecule has 1 aromatic heterocycles. The highest BCUT2D eigenvalue weighted by Gasteiger charge is 2.13. The Kier molecular flexibility index (Phi) is 3.59. The minimum Gasteiger partial charge on any atom is -0.462 e. The summed E-state index contributed by atoms with van der Waals surface area (Å²) in [6.45, 7) is 2.33. The summed E-state index contributed by atoms with van der Waals surface area (Å²) in [6.07, 6.45) is 3.11. The first-order chi connectivity index (χ1) is 10.3. The first-order valence-corrected chi connectivity index (χ1v) is 6.55. The molecule has 0 saturated carbocycles. The van der Waals surface area contributed by atoms with Gasteiger partial charge in [0.1, 0.15) is 0 Å². The molecule has 108 valence electrons. The van der Waals surface area contributed by atoms with Crippen molar-refractivity contribution in [3.05, 3.63) is 42.2 Å². The van der Waals surface area contributed by atoms with Gasteiger partial charge in [0.05, 0.1) is 24.1 Å². The zero-order chi connectivity index (χ0) is 14.7. The van der Waals surface area contributed by atoms with E-state index in [1.165, 1.54) is 6.20 Å². The van der Waals surface area contributed by atoms with Crippen molar-refractivity contribution in [3.63, 3.8) is 0 Å². The number of nitrogens with one attached hydrogen (secondary N) is 1. The number of pyridine rings is 1. The van der Waals surface area contributed by atoms with E-state index in [0.717, 1.165) is 11.4 Å². The van der Waals surface area contributed by atoms with Gasteiger partial charge in [0.25, 0.3) is 0 Å². The molecule has 0 fully saturated rings. The third-order valence-corrected chi connectivity index (χ3v) is 2.91. The standard InChI is InChI=1S/C15H14N2O4/c1-2-19-15(18)10-5-12(8-16-7-10)17-11-3-4-13-14(6-11)21-9-20-13/h3-8,17H,2,9H2,1H3. The summed E-state index contributed by atoms with van der Waals surface area (Å²) in [7, 11) is 0. The average molecular weight is 286 g/mol. The number of rotatable bonds is 4. The molecule has 6 heteroatoms. The lowest BCUT2D eigenvalue weighted by Gasteiger charge is -2.08. The second-order valence-corrected chi connectivity index (χ2v) is 4.38. The molecule has 0 amide bonds. The first kappa shape index (κ1) is 13.2. The van der Waals surface area contributed by atoms with Crippen LogP contribution in [0.25, 0.3) is 0 Å². The Morgan fingerprint density at radius 1 is 1.24 bits per heavy atom. The van der Waals surface area contributed by atoms with E-state index in [0.29, 0.717) is 23.6 Å². The van der Waals surface area contributed by atoms with Crippen LogP contribution >= 0.6 is 0 Å². The van der Waals surface area contributed by atoms with Crippen LogP contribution in [0.15, 0.2) is 36.7 Å². The Balaban J connectivity index is 1.78. The quantitative estimate of drug-likeness (QED) is 0.871. The zero-order valence-electron chi connectivity index (χ0n) is 11.5. The predicted molar refractivity (Wildman–Crippen MR) is 76.0 cm³/mol. The summed E-state index contributed by atoms with van der Waals surface area (Å²) >= 11 is 0. The SMILES string of the molecule is CCOC(=O)c1cncc(Nc2ccc3c(c2)OCO3)c1. The van der Waals surface area contributed by atoms with Gasteiger partial charge in [-0.05, 0) is 25.1 Å². The van der Waals surface area contributed by atoms with Gasteiger partial charge in [0.2, 0.25) is 6.79 Å². The number of ether oxygens (including phenoxy) is 3. The van der Waals surface area contributed by atoms with E-state index in [4.69, 9.17) is 14.2 Å². The molecule has 0 unspecified atom stereocenters. The van der Waals surface area contributed by atoms with Gasteiger partial charge >= 0.3 is 5.97 Å². The Bertz CT molecular complexity index is 672. The lowest BCUT2D eigenvalue weighted by Crippen LogP contribution is -2.05. The Morgan fingerprint density at radius 3 is 2.95 bits per heavy atom. The van der Waals surface area contributed by atoms with E-state index in [2.05, 4.69) is 10.3 Å². The van der Waals surface area contributed by atoms with Crippen molar-refractivity contribution in [3.8, 4) is 11.5 Å². The molecule has 1 aromatic carbocycles. The average Bonchev–Trinajstić information content (AvgIpc) is 2.95. The minimum atomic E-state index is -0.390. The van der Waals surface area contributed by atoms with Gasteiger partial charge in [0.15, 0.2) is 11.5 Å². The number of aromatic nitrogens is 1. The number of anilines is 2. The summed E-state index contributed by atoms with van der Waals surface area (Å²) in [5.41, 5.74) is 1.92. The largest absolute Gasteiger partial charge is 0.462 e. The summed E-state index contributed by atoms with van der Waals surface area (Å²) in [5, 5.41) is 3.17. The van der Waals surface area contributed by atoms with Crippen LogP contribution in [0.4, 0.5) is 11.4 Å². The number of nitrogens with zero attached hydrogens (tertiary/aromatic N) is 1. The number of esters is 1. The number of fused-ring (bicyclic) bond motifs is 1. The molecule has 0 aliphatic carbocycles. The molecule has 6 nitrogen and oxygen atoms in total.